The van der Waals surface area contributed by atoms with E-state index in [2.05, 4.69) is 31.9 Å². The van der Waals surface area contributed by atoms with Crippen molar-refractivity contribution in [3.8, 4) is 0 Å². The van der Waals surface area contributed by atoms with Crippen molar-refractivity contribution in [1.29, 1.82) is 0 Å². The molecule has 5 rings (SSSR count). The minimum absolute atomic E-state index is 0.0370. The standard InChI is InChI=1S/C48H72N7O13PS/c1-4-30(2)43(52-39(57)23-9-6-14-26-49-38(56)22-13-12-21-37-44-34(29-70-37)51-48(65)54-44)46(63)50-33(24-25-41(58)59)47(64)55-27-15-19-35(55)45(62)53-40(28-42(60)61)69(66,67-32-17-7-5-8-18-32)68-36-20-11-10-16-31(36)3/h5,7-8,10-11,16-17,20,30-37,40,43-44H,4,6,9,12-15,18-19,21-29H2,1-3H3,(H,49,56)(H,50,63)(H,52,57)(H,53,62)(H,58,59)(H,60,61)(H2,51,54,65). The van der Waals surface area contributed by atoms with Crippen molar-refractivity contribution in [1.82, 2.24) is 36.8 Å². The molecule has 0 aromatic rings. The molecule has 0 radical (unpaired) electrons. The van der Waals surface area contributed by atoms with E-state index in [0.717, 1.165) is 25.0 Å². The van der Waals surface area contributed by atoms with Crippen molar-refractivity contribution in [3.05, 3.63) is 48.6 Å². The predicted octanol–water partition coefficient (Wildman–Crippen LogP) is 4.42. The summed E-state index contributed by atoms with van der Waals surface area (Å²) in [4.78, 5) is 105. The summed E-state index contributed by atoms with van der Waals surface area (Å²) in [6, 6.07) is -3.48. The highest BCUT2D eigenvalue weighted by Gasteiger charge is 2.46. The Bertz CT molecular complexity index is 2050. The van der Waals surface area contributed by atoms with Gasteiger partial charge in [-0.05, 0) is 57.3 Å². The fourth-order valence-corrected chi connectivity index (χ4v) is 12.8. The van der Waals surface area contributed by atoms with Gasteiger partial charge in [0.15, 0.2) is 0 Å². The molecule has 12 unspecified atom stereocenters. The number of carbonyl (C=O) groups excluding carboxylic acids is 6. The first-order valence-corrected chi connectivity index (χ1v) is 27.4. The smallest absolute Gasteiger partial charge is 0.354 e. The molecular weight excluding hydrogens is 946 g/mol. The lowest BCUT2D eigenvalue weighted by atomic mass is 9.97. The molecule has 7 amide bonds. The predicted molar refractivity (Wildman–Crippen MR) is 262 cm³/mol. The van der Waals surface area contributed by atoms with Crippen molar-refractivity contribution >= 4 is 66.9 Å². The first-order chi connectivity index (χ1) is 33.5. The zero-order valence-electron chi connectivity index (χ0n) is 40.4. The van der Waals surface area contributed by atoms with E-state index in [-0.39, 0.29) is 61.7 Å². The van der Waals surface area contributed by atoms with Gasteiger partial charge in [0.1, 0.15) is 23.9 Å². The average molecular weight is 1020 g/mol. The van der Waals surface area contributed by atoms with E-state index in [4.69, 9.17) is 9.05 Å². The second kappa shape index (κ2) is 27.6. The third-order valence-corrected chi connectivity index (χ3v) is 17.0. The lowest BCUT2D eigenvalue weighted by molar-refractivity contribution is -0.144. The Labute approximate surface area is 414 Å². The largest absolute Gasteiger partial charge is 0.481 e. The third kappa shape index (κ3) is 16.8. The van der Waals surface area contributed by atoms with Gasteiger partial charge in [-0.3, -0.25) is 47.2 Å². The summed E-state index contributed by atoms with van der Waals surface area (Å²) in [6.07, 6.45) is 16.8. The molecule has 0 bridgehead atoms. The number of carbonyl (C=O) groups is 8. The number of nitrogens with one attached hydrogen (secondary N) is 6. The number of fused-ring (bicyclic) bond motifs is 1. The number of hydrogen-bond acceptors (Lipinski definition) is 12. The maximum Gasteiger partial charge on any atom is 0.354 e. The Morgan fingerprint density at radius 3 is 2.34 bits per heavy atom. The number of carboxylic acid groups (broad SMARTS) is 2. The van der Waals surface area contributed by atoms with Gasteiger partial charge in [-0.25, -0.2) is 4.79 Å². The molecule has 0 spiro atoms. The van der Waals surface area contributed by atoms with E-state index < -0.39 is 92.1 Å². The Kier molecular flexibility index (Phi) is 22.0. The van der Waals surface area contributed by atoms with Crippen molar-refractivity contribution < 1.29 is 62.2 Å². The molecule has 388 valence electrons. The highest BCUT2D eigenvalue weighted by Crippen LogP contribution is 2.57. The van der Waals surface area contributed by atoms with Crippen molar-refractivity contribution in [2.75, 3.05) is 18.8 Å². The molecule has 2 aliphatic carbocycles. The summed E-state index contributed by atoms with van der Waals surface area (Å²) in [5, 5.41) is 36.8. The van der Waals surface area contributed by atoms with Gasteiger partial charge in [0.2, 0.25) is 29.5 Å². The van der Waals surface area contributed by atoms with Crippen LogP contribution < -0.4 is 31.9 Å². The summed E-state index contributed by atoms with van der Waals surface area (Å²) in [5.74, 6) is -6.74. The Hall–Kier alpha value is -4.98. The van der Waals surface area contributed by atoms with Crippen LogP contribution in [-0.2, 0) is 47.2 Å². The number of hydrogen-bond donors (Lipinski definition) is 8. The van der Waals surface area contributed by atoms with Crippen LogP contribution in [0.15, 0.2) is 48.6 Å². The number of carboxylic acids is 2. The molecule has 0 aromatic carbocycles. The van der Waals surface area contributed by atoms with E-state index >= 15 is 0 Å². The first kappa shape index (κ1) is 55.9. The number of amides is 7. The maximum atomic E-state index is 14.8. The van der Waals surface area contributed by atoms with Crippen LogP contribution in [0.2, 0.25) is 0 Å². The number of thioether (sulfide) groups is 1. The molecule has 12 atom stereocenters. The molecule has 22 heteroatoms. The normalized spacial score (nSPS) is 25.9. The Morgan fingerprint density at radius 1 is 0.886 bits per heavy atom. The number of aliphatic carboxylic acids is 2. The van der Waals surface area contributed by atoms with Crippen LogP contribution in [0.25, 0.3) is 0 Å². The fraction of sp³-hybridized carbons (Fsp3) is 0.667. The van der Waals surface area contributed by atoms with E-state index in [0.29, 0.717) is 56.7 Å². The Morgan fingerprint density at radius 2 is 1.63 bits per heavy atom. The number of allylic oxidation sites excluding steroid dienone is 4. The number of unbranched alkanes of at least 4 members (excludes halogenated alkanes) is 3. The summed E-state index contributed by atoms with van der Waals surface area (Å²) in [7, 11) is -4.49. The van der Waals surface area contributed by atoms with Gasteiger partial charge in [0.25, 0.3) is 0 Å². The Balaban J connectivity index is 1.13. The highest BCUT2D eigenvalue weighted by atomic mass is 32.2. The van der Waals surface area contributed by atoms with Gasteiger partial charge < -0.3 is 47.0 Å². The fourth-order valence-electron chi connectivity index (χ4n) is 9.08. The number of urea groups is 1. The van der Waals surface area contributed by atoms with Crippen LogP contribution in [-0.4, -0.2) is 135 Å². The SMILES string of the molecule is CCC(C)C(NC(=O)CCCCCNC(=O)CCCCC1SCC2NC(=O)NC21)C(=O)NC(CCC(=O)O)C(=O)N1CCCC1C(=O)NC(CC(=O)O)P(=O)(OC1C=CC=CC1)OC1C=CC=CC1C. The quantitative estimate of drug-likeness (QED) is 0.0293. The lowest BCUT2D eigenvalue weighted by Gasteiger charge is -2.35. The second-order valence-corrected chi connectivity index (χ2v) is 22.1. The monoisotopic (exact) mass is 1020 g/mol. The van der Waals surface area contributed by atoms with Crippen molar-refractivity contribution in [2.45, 2.75) is 171 Å². The molecule has 20 nitrogen and oxygen atoms in total. The summed E-state index contributed by atoms with van der Waals surface area (Å²) >= 11 is 1.85. The van der Waals surface area contributed by atoms with Gasteiger partial charge in [-0.1, -0.05) is 88.6 Å². The topological polar surface area (TPSA) is 288 Å². The van der Waals surface area contributed by atoms with Crippen LogP contribution in [0.1, 0.15) is 117 Å². The first-order valence-electron chi connectivity index (χ1n) is 24.7. The minimum Gasteiger partial charge on any atom is -0.481 e. The van der Waals surface area contributed by atoms with E-state index in [1.807, 2.05) is 31.7 Å². The van der Waals surface area contributed by atoms with Gasteiger partial charge >= 0.3 is 25.6 Å². The van der Waals surface area contributed by atoms with Crippen LogP contribution >= 0.6 is 19.4 Å². The van der Waals surface area contributed by atoms with Crippen LogP contribution in [0, 0.1) is 11.8 Å². The number of rotatable bonds is 29. The summed E-state index contributed by atoms with van der Waals surface area (Å²) in [6.45, 7) is 5.94. The number of nitrogens with zero attached hydrogens (tertiary/aromatic N) is 1. The molecule has 5 aliphatic rings. The average Bonchev–Trinajstić information content (AvgIpc) is 4.06. The molecule has 3 aliphatic heterocycles. The molecule has 3 fully saturated rings. The van der Waals surface area contributed by atoms with Crippen LogP contribution in [0.3, 0.4) is 0 Å². The van der Waals surface area contributed by atoms with E-state index in [1.165, 1.54) is 4.90 Å². The van der Waals surface area contributed by atoms with Gasteiger partial charge in [-0.15, -0.1) is 0 Å². The zero-order valence-corrected chi connectivity index (χ0v) is 42.1. The molecular formula is C48H72N7O13PS. The molecule has 8 N–H and O–H groups in total. The van der Waals surface area contributed by atoms with E-state index in [9.17, 15) is 53.1 Å². The second-order valence-electron chi connectivity index (χ2n) is 18.7. The molecule has 3 heterocycles. The summed E-state index contributed by atoms with van der Waals surface area (Å²) in [5.41, 5.74) is 0. The van der Waals surface area contributed by atoms with Gasteiger partial charge in [-0.2, -0.15) is 11.8 Å². The summed E-state index contributed by atoms with van der Waals surface area (Å²) < 4.78 is 27.0. The van der Waals surface area contributed by atoms with Crippen LogP contribution in [0.5, 0.6) is 0 Å². The van der Waals surface area contributed by atoms with E-state index in [1.54, 1.807) is 49.5 Å². The van der Waals surface area contributed by atoms with Gasteiger partial charge in [0, 0.05) is 49.3 Å². The van der Waals surface area contributed by atoms with Crippen molar-refractivity contribution in [3.63, 3.8) is 0 Å². The van der Waals surface area contributed by atoms with Crippen LogP contribution in [0.4, 0.5) is 4.79 Å². The molecule has 0 aromatic heterocycles. The third-order valence-electron chi connectivity index (χ3n) is 13.3. The molecule has 70 heavy (non-hydrogen) atoms. The molecule has 0 saturated carbocycles. The number of likely N-dealkylation sites (tertiary alicyclic amines) is 1. The lowest BCUT2D eigenvalue weighted by Crippen LogP contribution is -2.58. The zero-order chi connectivity index (χ0) is 50.8. The minimum atomic E-state index is -4.49. The van der Waals surface area contributed by atoms with Gasteiger partial charge in [0.05, 0.1) is 30.7 Å². The maximum absolute atomic E-state index is 14.8. The highest BCUT2D eigenvalue weighted by molar-refractivity contribution is 8.00. The molecule has 3 saturated heterocycles. The van der Waals surface area contributed by atoms with Crippen molar-refractivity contribution in [2.24, 2.45) is 11.8 Å².